The first-order valence-corrected chi connectivity index (χ1v) is 4.34. The molecule has 1 aromatic carbocycles. The first kappa shape index (κ1) is 9.02. The van der Waals surface area contributed by atoms with Crippen LogP contribution in [0, 0.1) is 6.92 Å². The van der Waals surface area contributed by atoms with Gasteiger partial charge in [0.15, 0.2) is 0 Å². The Morgan fingerprint density at radius 3 is 2.93 bits per heavy atom. The maximum Gasteiger partial charge on any atom is 0.417 e. The summed E-state index contributed by atoms with van der Waals surface area (Å²) in [5.41, 5.74) is 2.03. The highest BCUT2D eigenvalue weighted by molar-refractivity contribution is 6.32. The van der Waals surface area contributed by atoms with E-state index in [1.165, 1.54) is 6.33 Å². The van der Waals surface area contributed by atoms with Gasteiger partial charge in [-0.25, -0.2) is 14.3 Å². The van der Waals surface area contributed by atoms with Gasteiger partial charge < -0.3 is 5.11 Å². The van der Waals surface area contributed by atoms with Crippen LogP contribution in [0.5, 0.6) is 0 Å². The predicted octanol–water partition coefficient (Wildman–Crippen LogP) is 2.52. The van der Waals surface area contributed by atoms with Crippen LogP contribution in [-0.2, 0) is 0 Å². The first-order valence-electron chi connectivity index (χ1n) is 3.96. The Kier molecular flexibility index (Phi) is 1.93. The second-order valence-corrected chi connectivity index (χ2v) is 3.39. The summed E-state index contributed by atoms with van der Waals surface area (Å²) in [6.45, 7) is 1.85. The lowest BCUT2D eigenvalue weighted by Crippen LogP contribution is -2.05. The van der Waals surface area contributed by atoms with Crippen LogP contribution in [0.1, 0.15) is 5.56 Å². The van der Waals surface area contributed by atoms with Gasteiger partial charge in [-0.2, -0.15) is 0 Å². The molecule has 0 fully saturated rings. The number of aryl methyl sites for hydroxylation is 1. The van der Waals surface area contributed by atoms with Crippen LogP contribution < -0.4 is 0 Å². The van der Waals surface area contributed by atoms with E-state index in [4.69, 9.17) is 16.7 Å². The van der Waals surface area contributed by atoms with Crippen LogP contribution in [0.25, 0.3) is 11.0 Å². The molecule has 1 N–H and O–H groups in total. The zero-order chi connectivity index (χ0) is 10.3. The van der Waals surface area contributed by atoms with Crippen LogP contribution in [0.15, 0.2) is 18.5 Å². The molecular weight excluding hydrogens is 204 g/mol. The zero-order valence-corrected chi connectivity index (χ0v) is 8.12. The monoisotopic (exact) mass is 210 g/mol. The Morgan fingerprint density at radius 2 is 2.29 bits per heavy atom. The third-order valence-electron chi connectivity index (χ3n) is 2.03. The highest BCUT2D eigenvalue weighted by Crippen LogP contribution is 2.22. The van der Waals surface area contributed by atoms with Gasteiger partial charge >= 0.3 is 6.09 Å². The van der Waals surface area contributed by atoms with Gasteiger partial charge in [0.05, 0.1) is 11.0 Å². The van der Waals surface area contributed by atoms with Crippen molar-refractivity contribution in [3.05, 3.63) is 29.0 Å². The molecule has 0 bridgehead atoms. The van der Waals surface area contributed by atoms with Crippen molar-refractivity contribution in [3.63, 3.8) is 0 Å². The normalized spacial score (nSPS) is 10.7. The quantitative estimate of drug-likeness (QED) is 0.727. The maximum absolute atomic E-state index is 10.8. The molecule has 5 heteroatoms. The molecule has 14 heavy (non-hydrogen) atoms. The predicted molar refractivity (Wildman–Crippen MR) is 52.9 cm³/mol. The van der Waals surface area contributed by atoms with E-state index in [0.717, 1.165) is 10.1 Å². The molecule has 0 unspecified atom stereocenters. The molecule has 0 radical (unpaired) electrons. The number of benzene rings is 1. The Bertz CT molecular complexity index is 519. The molecule has 0 aliphatic heterocycles. The van der Waals surface area contributed by atoms with Crippen molar-refractivity contribution in [2.45, 2.75) is 6.92 Å². The van der Waals surface area contributed by atoms with E-state index in [1.54, 1.807) is 12.1 Å². The number of rotatable bonds is 0. The minimum Gasteiger partial charge on any atom is -0.464 e. The van der Waals surface area contributed by atoms with Crippen molar-refractivity contribution in [3.8, 4) is 0 Å². The summed E-state index contributed by atoms with van der Waals surface area (Å²) < 4.78 is 1.04. The average Bonchev–Trinajstić information content (AvgIpc) is 2.48. The Labute approximate surface area is 84.7 Å². The Hall–Kier alpha value is -1.55. The van der Waals surface area contributed by atoms with E-state index in [1.807, 2.05) is 6.92 Å². The summed E-state index contributed by atoms with van der Waals surface area (Å²) in [6, 6.07) is 3.37. The molecule has 0 saturated carbocycles. The summed E-state index contributed by atoms with van der Waals surface area (Å²) in [7, 11) is 0. The highest BCUT2D eigenvalue weighted by Gasteiger charge is 2.09. The van der Waals surface area contributed by atoms with E-state index >= 15 is 0 Å². The number of aromatic nitrogens is 2. The number of imidazole rings is 1. The van der Waals surface area contributed by atoms with Crippen LogP contribution in [0.4, 0.5) is 4.79 Å². The van der Waals surface area contributed by atoms with Gasteiger partial charge in [0.2, 0.25) is 0 Å². The highest BCUT2D eigenvalue weighted by atomic mass is 35.5. The van der Waals surface area contributed by atoms with E-state index in [2.05, 4.69) is 4.98 Å². The van der Waals surface area contributed by atoms with Crippen LogP contribution in [-0.4, -0.2) is 20.8 Å². The van der Waals surface area contributed by atoms with Gasteiger partial charge in [0, 0.05) is 5.02 Å². The van der Waals surface area contributed by atoms with Crippen LogP contribution in [0.3, 0.4) is 0 Å². The van der Waals surface area contributed by atoms with Crippen molar-refractivity contribution in [1.29, 1.82) is 0 Å². The molecule has 0 atom stereocenters. The fraction of sp³-hybridized carbons (Fsp3) is 0.111. The summed E-state index contributed by atoms with van der Waals surface area (Å²) in [6.07, 6.45) is 0.204. The van der Waals surface area contributed by atoms with Gasteiger partial charge in [0.25, 0.3) is 0 Å². The standard InChI is InChI=1S/C9H7ClN2O2/c1-5-2-7-8(3-6(5)10)12(4-11-7)9(13)14/h2-4H,1H3,(H,13,14). The number of hydrogen-bond acceptors (Lipinski definition) is 2. The molecule has 0 amide bonds. The summed E-state index contributed by atoms with van der Waals surface area (Å²) in [5.74, 6) is 0. The van der Waals surface area contributed by atoms with E-state index in [0.29, 0.717) is 16.1 Å². The second kappa shape index (κ2) is 2.99. The SMILES string of the molecule is Cc1cc2ncn(C(=O)O)c2cc1Cl. The molecule has 0 saturated heterocycles. The lowest BCUT2D eigenvalue weighted by Gasteiger charge is -1.99. The minimum atomic E-state index is -1.06. The molecule has 1 aromatic heterocycles. The van der Waals surface area contributed by atoms with Crippen molar-refractivity contribution in [2.75, 3.05) is 0 Å². The zero-order valence-electron chi connectivity index (χ0n) is 7.36. The molecule has 2 aromatic rings. The van der Waals surface area contributed by atoms with E-state index < -0.39 is 6.09 Å². The second-order valence-electron chi connectivity index (χ2n) is 2.99. The molecule has 72 valence electrons. The largest absolute Gasteiger partial charge is 0.464 e. The van der Waals surface area contributed by atoms with Gasteiger partial charge in [0.1, 0.15) is 6.33 Å². The molecule has 4 nitrogen and oxygen atoms in total. The fourth-order valence-electron chi connectivity index (χ4n) is 1.29. The molecule has 0 aliphatic rings. The van der Waals surface area contributed by atoms with Gasteiger partial charge in [-0.3, -0.25) is 0 Å². The molecule has 1 heterocycles. The topological polar surface area (TPSA) is 55.1 Å². The number of carbonyl (C=O) groups is 1. The maximum atomic E-state index is 10.8. The molecule has 0 aliphatic carbocycles. The summed E-state index contributed by atoms with van der Waals surface area (Å²) >= 11 is 5.89. The number of hydrogen-bond donors (Lipinski definition) is 1. The lowest BCUT2D eigenvalue weighted by molar-refractivity contribution is 0.197. The van der Waals surface area contributed by atoms with Crippen molar-refractivity contribution >= 4 is 28.7 Å². The van der Waals surface area contributed by atoms with Crippen molar-refractivity contribution in [2.24, 2.45) is 0 Å². The van der Waals surface area contributed by atoms with Crippen molar-refractivity contribution < 1.29 is 9.90 Å². The molecule has 2 rings (SSSR count). The van der Waals surface area contributed by atoms with E-state index in [9.17, 15) is 4.79 Å². The Balaban J connectivity index is 2.80. The minimum absolute atomic E-state index is 0.508. The number of halogens is 1. The Morgan fingerprint density at radius 1 is 1.57 bits per heavy atom. The summed E-state index contributed by atoms with van der Waals surface area (Å²) in [4.78, 5) is 14.7. The van der Waals surface area contributed by atoms with Gasteiger partial charge in [-0.15, -0.1) is 0 Å². The van der Waals surface area contributed by atoms with E-state index in [-0.39, 0.29) is 0 Å². The van der Waals surface area contributed by atoms with Gasteiger partial charge in [-0.1, -0.05) is 11.6 Å². The summed E-state index contributed by atoms with van der Waals surface area (Å²) in [5, 5.41) is 9.35. The van der Waals surface area contributed by atoms with Gasteiger partial charge in [-0.05, 0) is 24.6 Å². The number of fused-ring (bicyclic) bond motifs is 1. The first-order chi connectivity index (χ1) is 6.59. The smallest absolute Gasteiger partial charge is 0.417 e. The van der Waals surface area contributed by atoms with Crippen molar-refractivity contribution in [1.82, 2.24) is 9.55 Å². The lowest BCUT2D eigenvalue weighted by atomic mass is 10.2. The third-order valence-corrected chi connectivity index (χ3v) is 2.44. The number of nitrogens with zero attached hydrogens (tertiary/aromatic N) is 2. The number of carboxylic acid groups (broad SMARTS) is 1. The molecule has 0 spiro atoms. The average molecular weight is 211 g/mol. The molecular formula is C9H7ClN2O2. The van der Waals surface area contributed by atoms with Crippen LogP contribution in [0.2, 0.25) is 5.02 Å². The third kappa shape index (κ3) is 1.24. The fourth-order valence-corrected chi connectivity index (χ4v) is 1.44. The van der Waals surface area contributed by atoms with Crippen LogP contribution >= 0.6 is 11.6 Å².